The van der Waals surface area contributed by atoms with E-state index in [1.54, 1.807) is 25.1 Å². The zero-order chi connectivity index (χ0) is 25.1. The molecule has 0 spiro atoms. The van der Waals surface area contributed by atoms with Gasteiger partial charge in [0, 0.05) is 35.2 Å². The lowest BCUT2D eigenvalue weighted by atomic mass is 9.86. The molecule has 0 fully saturated rings. The van der Waals surface area contributed by atoms with Gasteiger partial charge in [-0.05, 0) is 51.2 Å². The summed E-state index contributed by atoms with van der Waals surface area (Å²) in [4.78, 5) is 33.0. The number of carbonyl (C=O) groups is 1. The number of cyclic esters (lactones) is 1. The van der Waals surface area contributed by atoms with E-state index in [-0.39, 0.29) is 35.5 Å². The lowest BCUT2D eigenvalue weighted by Crippen LogP contribution is -2.44. The third-order valence-electron chi connectivity index (χ3n) is 6.80. The van der Waals surface area contributed by atoms with E-state index in [0.717, 1.165) is 17.4 Å². The van der Waals surface area contributed by atoms with Crippen molar-refractivity contribution in [3.63, 3.8) is 0 Å². The molecule has 1 aromatic carbocycles. The fourth-order valence-electron chi connectivity index (χ4n) is 5.01. The Kier molecular flexibility index (Phi) is 5.66. The lowest BCUT2D eigenvalue weighted by Gasteiger charge is -2.32. The number of phenols is 1. The van der Waals surface area contributed by atoms with Crippen LogP contribution >= 0.6 is 0 Å². The minimum absolute atomic E-state index is 0.0721. The molecule has 2 aliphatic rings. The molecule has 2 N–H and O–H groups in total. The number of benzene rings is 1. The monoisotopic (exact) mass is 479 g/mol. The first-order valence-electron chi connectivity index (χ1n) is 11.8. The quantitative estimate of drug-likeness (QED) is 0.519. The first-order valence-corrected chi connectivity index (χ1v) is 11.8. The van der Waals surface area contributed by atoms with E-state index in [1.807, 2.05) is 32.0 Å². The average Bonchev–Trinajstić information content (AvgIpc) is 3.13. The largest absolute Gasteiger partial charge is 0.508 e. The van der Waals surface area contributed by atoms with E-state index in [9.17, 15) is 19.8 Å². The van der Waals surface area contributed by atoms with Crippen molar-refractivity contribution in [1.29, 1.82) is 0 Å². The highest BCUT2D eigenvalue weighted by Crippen LogP contribution is 2.44. The van der Waals surface area contributed by atoms with Crippen molar-refractivity contribution >= 4 is 16.9 Å². The zero-order valence-electron chi connectivity index (χ0n) is 20.3. The van der Waals surface area contributed by atoms with Crippen LogP contribution in [-0.2, 0) is 33.0 Å². The summed E-state index contributed by atoms with van der Waals surface area (Å²) in [5, 5.41) is 22.5. The van der Waals surface area contributed by atoms with Gasteiger partial charge in [-0.25, -0.2) is 9.78 Å². The Morgan fingerprint density at radius 1 is 1.26 bits per heavy atom. The number of rotatable bonds is 6. The van der Waals surface area contributed by atoms with Crippen molar-refractivity contribution in [3.8, 4) is 17.1 Å². The highest BCUT2D eigenvalue weighted by atomic mass is 16.6. The van der Waals surface area contributed by atoms with Gasteiger partial charge in [-0.2, -0.15) is 0 Å². The summed E-state index contributed by atoms with van der Waals surface area (Å²) < 4.78 is 12.9. The van der Waals surface area contributed by atoms with Crippen LogP contribution in [0.3, 0.4) is 0 Å². The van der Waals surface area contributed by atoms with Gasteiger partial charge in [0.1, 0.15) is 12.4 Å². The molecule has 1 unspecified atom stereocenters. The third-order valence-corrected chi connectivity index (χ3v) is 6.80. The smallest absolute Gasteiger partial charge is 0.343 e. The Bertz CT molecular complexity index is 1410. The average molecular weight is 480 g/mol. The van der Waals surface area contributed by atoms with Crippen LogP contribution in [0.5, 0.6) is 5.75 Å². The van der Waals surface area contributed by atoms with Crippen molar-refractivity contribution in [2.75, 3.05) is 20.7 Å². The predicted molar refractivity (Wildman–Crippen MR) is 129 cm³/mol. The number of hydrogen-bond donors (Lipinski definition) is 2. The molecular weight excluding hydrogens is 450 g/mol. The first-order chi connectivity index (χ1) is 16.7. The molecule has 0 bridgehead atoms. The molecular formula is C26H29N3O6. The van der Waals surface area contributed by atoms with Gasteiger partial charge in [-0.15, -0.1) is 0 Å². The molecule has 2 aliphatic heterocycles. The summed E-state index contributed by atoms with van der Waals surface area (Å²) in [5.41, 5.74) is 1.36. The molecule has 184 valence electrons. The van der Waals surface area contributed by atoms with Crippen molar-refractivity contribution in [3.05, 3.63) is 56.9 Å². The summed E-state index contributed by atoms with van der Waals surface area (Å²) in [6, 6.07) is 6.96. The number of aromatic nitrogens is 2. The number of phenolic OH excluding ortho intramolecular Hbond substituents is 1. The Hall–Kier alpha value is -3.27. The fraction of sp³-hybridized carbons (Fsp3) is 0.423. The number of fused-ring (bicyclic) bond motifs is 5. The highest BCUT2D eigenvalue weighted by molar-refractivity contribution is 5.89. The molecule has 9 nitrogen and oxygen atoms in total. The standard InChI is InChI=1S/C26H29N3O6/c1-5-9-34-24-15-10-14-16(12-28(3)4)21(30)8-7-19(14)27-22(15)20-11-18-17(23(31)29(20)24)13-35-25(32)26(18,33)6-2/h7-8,10-11,24,30,33H,5-6,9,12-13H2,1-4H3/t24?,26-/m0/s1. The molecule has 0 saturated heterocycles. The van der Waals surface area contributed by atoms with Crippen molar-refractivity contribution in [2.24, 2.45) is 0 Å². The summed E-state index contributed by atoms with van der Waals surface area (Å²) in [5.74, 6) is -0.588. The van der Waals surface area contributed by atoms with E-state index in [4.69, 9.17) is 14.5 Å². The summed E-state index contributed by atoms with van der Waals surface area (Å²) in [6.07, 6.45) is 0.0984. The predicted octanol–water partition coefficient (Wildman–Crippen LogP) is 2.77. The number of hydrogen-bond acceptors (Lipinski definition) is 8. The molecule has 0 saturated carbocycles. The Morgan fingerprint density at radius 3 is 2.71 bits per heavy atom. The maximum absolute atomic E-state index is 13.7. The number of nitrogens with zero attached hydrogens (tertiary/aromatic N) is 3. The first kappa shape index (κ1) is 23.5. The van der Waals surface area contributed by atoms with Crippen LogP contribution in [0.25, 0.3) is 22.3 Å². The molecule has 35 heavy (non-hydrogen) atoms. The van der Waals surface area contributed by atoms with Gasteiger partial charge in [0.05, 0.1) is 22.5 Å². The van der Waals surface area contributed by atoms with E-state index in [2.05, 4.69) is 0 Å². The molecule has 3 aromatic rings. The van der Waals surface area contributed by atoms with Crippen LogP contribution in [0.15, 0.2) is 29.1 Å². The number of aromatic hydroxyl groups is 1. The second kappa shape index (κ2) is 8.44. The van der Waals surface area contributed by atoms with Gasteiger partial charge in [0.25, 0.3) is 5.56 Å². The number of ether oxygens (including phenoxy) is 2. The second-order valence-corrected chi connectivity index (χ2v) is 9.40. The minimum atomic E-state index is -1.90. The van der Waals surface area contributed by atoms with Gasteiger partial charge >= 0.3 is 5.97 Å². The normalized spacial score (nSPS) is 20.6. The van der Waals surface area contributed by atoms with Crippen LogP contribution in [0.1, 0.15) is 55.2 Å². The summed E-state index contributed by atoms with van der Waals surface area (Å²) in [7, 11) is 3.84. The van der Waals surface area contributed by atoms with E-state index < -0.39 is 17.8 Å². The number of carbonyl (C=O) groups excluding carboxylic acids is 1. The third kappa shape index (κ3) is 3.45. The number of aliphatic hydroxyl groups is 1. The number of esters is 1. The fourth-order valence-corrected chi connectivity index (χ4v) is 5.01. The molecule has 0 aliphatic carbocycles. The van der Waals surface area contributed by atoms with Crippen LogP contribution in [0, 0.1) is 0 Å². The van der Waals surface area contributed by atoms with Crippen LogP contribution in [-0.4, -0.2) is 51.3 Å². The minimum Gasteiger partial charge on any atom is -0.508 e. The summed E-state index contributed by atoms with van der Waals surface area (Å²) >= 11 is 0. The van der Waals surface area contributed by atoms with Crippen LogP contribution in [0.4, 0.5) is 0 Å². The van der Waals surface area contributed by atoms with Crippen LogP contribution < -0.4 is 5.56 Å². The van der Waals surface area contributed by atoms with Crippen LogP contribution in [0.2, 0.25) is 0 Å². The maximum Gasteiger partial charge on any atom is 0.343 e. The second-order valence-electron chi connectivity index (χ2n) is 9.40. The van der Waals surface area contributed by atoms with E-state index >= 15 is 0 Å². The molecule has 4 heterocycles. The van der Waals surface area contributed by atoms with Crippen molar-refractivity contribution in [2.45, 2.75) is 51.7 Å². The van der Waals surface area contributed by atoms with Gasteiger partial charge in [-0.1, -0.05) is 13.8 Å². The molecule has 9 heteroatoms. The zero-order valence-corrected chi connectivity index (χ0v) is 20.3. The number of pyridine rings is 2. The highest BCUT2D eigenvalue weighted by Gasteiger charge is 2.46. The van der Waals surface area contributed by atoms with Crippen molar-refractivity contribution < 1.29 is 24.5 Å². The molecule has 2 aromatic heterocycles. The van der Waals surface area contributed by atoms with Gasteiger partial charge < -0.3 is 24.6 Å². The topological polar surface area (TPSA) is 114 Å². The van der Waals surface area contributed by atoms with E-state index in [0.29, 0.717) is 35.6 Å². The van der Waals surface area contributed by atoms with Crippen molar-refractivity contribution in [1.82, 2.24) is 14.5 Å². The Balaban J connectivity index is 1.81. The Morgan fingerprint density at radius 2 is 2.03 bits per heavy atom. The SMILES string of the molecule is CCCOC1c2cc3c(CN(C)C)c(O)ccc3nc2-c2cc3c(c(=O)n21)COC(=O)[C@]3(O)CC. The molecule has 0 amide bonds. The van der Waals surface area contributed by atoms with E-state index in [1.165, 1.54) is 4.57 Å². The summed E-state index contributed by atoms with van der Waals surface area (Å²) in [6.45, 7) is 4.38. The van der Waals surface area contributed by atoms with Gasteiger partial charge in [-0.3, -0.25) is 9.36 Å². The lowest BCUT2D eigenvalue weighted by molar-refractivity contribution is -0.172. The molecule has 0 radical (unpaired) electrons. The molecule has 2 atom stereocenters. The Labute approximate surface area is 202 Å². The molecule has 5 rings (SSSR count). The van der Waals surface area contributed by atoms with Gasteiger partial charge in [0.15, 0.2) is 11.8 Å². The maximum atomic E-state index is 13.7. The van der Waals surface area contributed by atoms with Gasteiger partial charge in [0.2, 0.25) is 0 Å².